The van der Waals surface area contributed by atoms with E-state index in [1.807, 2.05) is 31.2 Å². The number of hydrogen-bond donors (Lipinski definition) is 0. The fourth-order valence-electron chi connectivity index (χ4n) is 3.28. The highest BCUT2D eigenvalue weighted by molar-refractivity contribution is 5.91. The van der Waals surface area contributed by atoms with Crippen LogP contribution in [0.3, 0.4) is 0 Å². The van der Waals surface area contributed by atoms with E-state index >= 15 is 0 Å². The zero-order valence-electron chi connectivity index (χ0n) is 12.6. The molecule has 2 atom stereocenters. The van der Waals surface area contributed by atoms with Crippen LogP contribution in [-0.4, -0.2) is 5.78 Å². The predicted octanol–water partition coefficient (Wildman–Crippen LogP) is 4.39. The first kappa shape index (κ1) is 14.8. The van der Waals surface area contributed by atoms with Gasteiger partial charge >= 0.3 is 0 Å². The minimum Gasteiger partial charge on any atom is -0.298 e. The van der Waals surface area contributed by atoms with Gasteiger partial charge in [0.2, 0.25) is 0 Å². The topological polar surface area (TPSA) is 40.9 Å². The van der Waals surface area contributed by atoms with Crippen molar-refractivity contribution in [2.24, 2.45) is 11.3 Å². The first-order valence-corrected chi connectivity index (χ1v) is 7.45. The Balaban J connectivity index is 2.25. The van der Waals surface area contributed by atoms with Gasteiger partial charge in [-0.25, -0.2) is 0 Å². The summed E-state index contributed by atoms with van der Waals surface area (Å²) in [7, 11) is 0. The van der Waals surface area contributed by atoms with Crippen molar-refractivity contribution in [1.82, 2.24) is 0 Å². The molecule has 1 aliphatic carbocycles. The second kappa shape index (κ2) is 5.79. The molecule has 0 saturated heterocycles. The van der Waals surface area contributed by atoms with Crippen molar-refractivity contribution >= 4 is 5.78 Å². The van der Waals surface area contributed by atoms with Crippen LogP contribution in [0.25, 0.3) is 0 Å². The highest BCUT2D eigenvalue weighted by Crippen LogP contribution is 2.43. The maximum absolute atomic E-state index is 12.8. The first-order chi connectivity index (χ1) is 9.45. The average Bonchev–Trinajstić information content (AvgIpc) is 2.41. The van der Waals surface area contributed by atoms with Gasteiger partial charge in [-0.3, -0.25) is 4.79 Å². The zero-order valence-corrected chi connectivity index (χ0v) is 12.6. The summed E-state index contributed by atoms with van der Waals surface area (Å²) in [4.78, 5) is 12.8. The van der Waals surface area contributed by atoms with Gasteiger partial charge in [0.1, 0.15) is 5.92 Å². The standard InChI is InChI=1S/C18H23NO/c1-13-7-9-14(10-8-13)15(12-19)17(20)16-6-4-5-11-18(16,2)3/h7-10,15-16H,4-6,11H2,1-3H3. The van der Waals surface area contributed by atoms with Crippen molar-refractivity contribution in [2.45, 2.75) is 52.4 Å². The molecule has 2 unspecified atom stereocenters. The Labute approximate surface area is 121 Å². The Morgan fingerprint density at radius 2 is 1.95 bits per heavy atom. The highest BCUT2D eigenvalue weighted by Gasteiger charge is 2.40. The van der Waals surface area contributed by atoms with Gasteiger partial charge in [-0.05, 0) is 30.7 Å². The molecule has 2 rings (SSSR count). The van der Waals surface area contributed by atoms with Crippen molar-refractivity contribution in [3.05, 3.63) is 35.4 Å². The van der Waals surface area contributed by atoms with Gasteiger partial charge in [0, 0.05) is 5.92 Å². The Morgan fingerprint density at radius 3 is 2.50 bits per heavy atom. The van der Waals surface area contributed by atoms with E-state index in [0.29, 0.717) is 0 Å². The number of aryl methyl sites for hydroxylation is 1. The normalized spacial score (nSPS) is 22.8. The van der Waals surface area contributed by atoms with E-state index in [1.165, 1.54) is 6.42 Å². The van der Waals surface area contributed by atoms with Crippen LogP contribution in [0, 0.1) is 29.6 Å². The second-order valence-corrected chi connectivity index (χ2v) is 6.66. The smallest absolute Gasteiger partial charge is 0.158 e. The van der Waals surface area contributed by atoms with Gasteiger partial charge in [-0.2, -0.15) is 5.26 Å². The van der Waals surface area contributed by atoms with E-state index in [-0.39, 0.29) is 17.1 Å². The van der Waals surface area contributed by atoms with Crippen LogP contribution in [0.15, 0.2) is 24.3 Å². The molecule has 0 amide bonds. The molecule has 0 aromatic heterocycles. The molecule has 1 aliphatic rings. The van der Waals surface area contributed by atoms with Crippen LogP contribution in [-0.2, 0) is 4.79 Å². The molecule has 0 N–H and O–H groups in total. The zero-order chi connectivity index (χ0) is 14.8. The fraction of sp³-hybridized carbons (Fsp3) is 0.556. The van der Waals surface area contributed by atoms with Gasteiger partial charge < -0.3 is 0 Å². The number of nitriles is 1. The second-order valence-electron chi connectivity index (χ2n) is 6.66. The summed E-state index contributed by atoms with van der Waals surface area (Å²) in [6.07, 6.45) is 4.30. The molecule has 1 aromatic carbocycles. The number of carbonyl (C=O) groups is 1. The first-order valence-electron chi connectivity index (χ1n) is 7.45. The van der Waals surface area contributed by atoms with Crippen LogP contribution >= 0.6 is 0 Å². The highest BCUT2D eigenvalue weighted by atomic mass is 16.1. The number of carbonyl (C=O) groups excluding carboxylic acids is 1. The molecule has 1 fully saturated rings. The van der Waals surface area contributed by atoms with Gasteiger partial charge in [0.25, 0.3) is 0 Å². The van der Waals surface area contributed by atoms with Crippen molar-refractivity contribution in [3.8, 4) is 6.07 Å². The lowest BCUT2D eigenvalue weighted by Crippen LogP contribution is -2.36. The molecule has 0 aliphatic heterocycles. The van der Waals surface area contributed by atoms with E-state index < -0.39 is 5.92 Å². The fourth-order valence-corrected chi connectivity index (χ4v) is 3.28. The van der Waals surface area contributed by atoms with Gasteiger partial charge in [-0.1, -0.05) is 56.5 Å². The number of rotatable bonds is 3. The summed E-state index contributed by atoms with van der Waals surface area (Å²) < 4.78 is 0. The lowest BCUT2D eigenvalue weighted by Gasteiger charge is -2.38. The number of ketones is 1. The van der Waals surface area contributed by atoms with E-state index in [2.05, 4.69) is 19.9 Å². The van der Waals surface area contributed by atoms with Gasteiger partial charge in [0.15, 0.2) is 5.78 Å². The molecule has 0 spiro atoms. The molecule has 2 nitrogen and oxygen atoms in total. The SMILES string of the molecule is Cc1ccc(C(C#N)C(=O)C2CCCCC2(C)C)cc1. The molecule has 106 valence electrons. The third-order valence-electron chi connectivity index (χ3n) is 4.67. The quantitative estimate of drug-likeness (QED) is 0.816. The van der Waals surface area contributed by atoms with E-state index in [9.17, 15) is 10.1 Å². The van der Waals surface area contributed by atoms with Crippen molar-refractivity contribution in [1.29, 1.82) is 5.26 Å². The van der Waals surface area contributed by atoms with Crippen LogP contribution in [0.5, 0.6) is 0 Å². The Hall–Kier alpha value is -1.62. The van der Waals surface area contributed by atoms with Gasteiger partial charge in [-0.15, -0.1) is 0 Å². The molecule has 1 saturated carbocycles. The molecule has 2 heteroatoms. The number of nitrogens with zero attached hydrogens (tertiary/aromatic N) is 1. The largest absolute Gasteiger partial charge is 0.298 e. The maximum atomic E-state index is 12.8. The van der Waals surface area contributed by atoms with Crippen LogP contribution < -0.4 is 0 Å². The van der Waals surface area contributed by atoms with Crippen molar-refractivity contribution in [3.63, 3.8) is 0 Å². The van der Waals surface area contributed by atoms with Gasteiger partial charge in [0.05, 0.1) is 6.07 Å². The number of Topliss-reactive ketones (excluding diaryl/α,β-unsaturated/α-hetero) is 1. The summed E-state index contributed by atoms with van der Waals surface area (Å²) in [6, 6.07) is 9.99. The molecule has 0 heterocycles. The Kier molecular flexibility index (Phi) is 4.28. The molecule has 0 radical (unpaired) electrons. The summed E-state index contributed by atoms with van der Waals surface area (Å²) in [5, 5.41) is 9.45. The van der Waals surface area contributed by atoms with E-state index in [0.717, 1.165) is 30.4 Å². The van der Waals surface area contributed by atoms with Crippen LogP contribution in [0.1, 0.15) is 56.6 Å². The minimum absolute atomic E-state index is 0.0159. The molecular formula is C18H23NO. The minimum atomic E-state index is -0.613. The molecule has 0 bridgehead atoms. The summed E-state index contributed by atoms with van der Waals surface area (Å²) in [5.74, 6) is -0.485. The summed E-state index contributed by atoms with van der Waals surface area (Å²) >= 11 is 0. The molecule has 20 heavy (non-hydrogen) atoms. The lowest BCUT2D eigenvalue weighted by molar-refractivity contribution is -0.128. The lowest BCUT2D eigenvalue weighted by atomic mass is 9.65. The monoisotopic (exact) mass is 269 g/mol. The maximum Gasteiger partial charge on any atom is 0.158 e. The summed E-state index contributed by atoms with van der Waals surface area (Å²) in [6.45, 7) is 6.34. The number of benzene rings is 1. The Bertz CT molecular complexity index is 521. The third kappa shape index (κ3) is 2.93. The number of hydrogen-bond acceptors (Lipinski definition) is 2. The third-order valence-corrected chi connectivity index (χ3v) is 4.67. The van der Waals surface area contributed by atoms with Crippen LogP contribution in [0.2, 0.25) is 0 Å². The van der Waals surface area contributed by atoms with E-state index in [1.54, 1.807) is 0 Å². The summed E-state index contributed by atoms with van der Waals surface area (Å²) in [5.41, 5.74) is 2.01. The van der Waals surface area contributed by atoms with Crippen LogP contribution in [0.4, 0.5) is 0 Å². The Morgan fingerprint density at radius 1 is 1.30 bits per heavy atom. The van der Waals surface area contributed by atoms with Crippen molar-refractivity contribution < 1.29 is 4.79 Å². The molecular weight excluding hydrogens is 246 g/mol. The van der Waals surface area contributed by atoms with E-state index in [4.69, 9.17) is 0 Å². The average molecular weight is 269 g/mol. The predicted molar refractivity (Wildman–Crippen MR) is 80.3 cm³/mol. The molecule has 1 aromatic rings. The van der Waals surface area contributed by atoms with Crippen molar-refractivity contribution in [2.75, 3.05) is 0 Å².